The first-order chi connectivity index (χ1) is 13.8. The number of ketones is 1. The van der Waals surface area contributed by atoms with Gasteiger partial charge in [-0.25, -0.2) is 0 Å². The van der Waals surface area contributed by atoms with Crippen molar-refractivity contribution >= 4 is 29.4 Å². The van der Waals surface area contributed by atoms with Crippen LogP contribution >= 0.6 is 11.6 Å². The number of halogens is 1. The SMILES string of the molecule is CNC(=O)COc1ccc(C(=O)/C=C/c2cc(Cl)c(OC(C)C)c(OC)c2)cc1. The molecule has 1 amide bonds. The molecule has 154 valence electrons. The number of amides is 1. The summed E-state index contributed by atoms with van der Waals surface area (Å²) in [6.07, 6.45) is 3.06. The highest BCUT2D eigenvalue weighted by Crippen LogP contribution is 2.37. The molecule has 0 saturated heterocycles. The number of likely N-dealkylation sites (N-methyl/N-ethyl adjacent to an activating group) is 1. The summed E-state index contributed by atoms with van der Waals surface area (Å²) in [7, 11) is 3.07. The lowest BCUT2D eigenvalue weighted by Gasteiger charge is -2.15. The van der Waals surface area contributed by atoms with Crippen molar-refractivity contribution in [1.82, 2.24) is 5.32 Å². The zero-order chi connectivity index (χ0) is 21.4. The first kappa shape index (κ1) is 22.3. The molecule has 0 unspecified atom stereocenters. The second-order valence-electron chi connectivity index (χ2n) is 6.38. The molecule has 0 bridgehead atoms. The summed E-state index contributed by atoms with van der Waals surface area (Å²) in [5, 5.41) is 2.87. The van der Waals surface area contributed by atoms with Gasteiger partial charge in [0, 0.05) is 12.6 Å². The summed E-state index contributed by atoms with van der Waals surface area (Å²) in [4.78, 5) is 23.6. The Kier molecular flexibility index (Phi) is 8.09. The largest absolute Gasteiger partial charge is 0.493 e. The van der Waals surface area contributed by atoms with Gasteiger partial charge in [-0.15, -0.1) is 0 Å². The molecule has 0 aliphatic carbocycles. The Morgan fingerprint density at radius 2 is 1.86 bits per heavy atom. The first-order valence-corrected chi connectivity index (χ1v) is 9.42. The maximum Gasteiger partial charge on any atom is 0.257 e. The quantitative estimate of drug-likeness (QED) is 0.490. The highest BCUT2D eigenvalue weighted by atomic mass is 35.5. The summed E-state index contributed by atoms with van der Waals surface area (Å²) in [6, 6.07) is 10.0. The van der Waals surface area contributed by atoms with E-state index in [0.29, 0.717) is 33.4 Å². The number of benzene rings is 2. The second kappa shape index (κ2) is 10.5. The summed E-state index contributed by atoms with van der Waals surface area (Å²) in [5.74, 6) is 1.06. The van der Waals surface area contributed by atoms with Gasteiger partial charge in [-0.2, -0.15) is 0 Å². The van der Waals surface area contributed by atoms with Crippen LogP contribution in [-0.4, -0.2) is 38.6 Å². The lowest BCUT2D eigenvalue weighted by atomic mass is 10.1. The van der Waals surface area contributed by atoms with Crippen LogP contribution < -0.4 is 19.5 Å². The van der Waals surface area contributed by atoms with E-state index in [1.807, 2.05) is 13.8 Å². The molecule has 0 aliphatic rings. The van der Waals surface area contributed by atoms with Gasteiger partial charge < -0.3 is 19.5 Å². The molecule has 2 rings (SSSR count). The van der Waals surface area contributed by atoms with Gasteiger partial charge in [-0.1, -0.05) is 17.7 Å². The molecule has 2 aromatic carbocycles. The third kappa shape index (κ3) is 6.54. The van der Waals surface area contributed by atoms with Crippen LogP contribution in [0.4, 0.5) is 0 Å². The molecular formula is C22H24ClNO5. The van der Waals surface area contributed by atoms with Crippen molar-refractivity contribution < 1.29 is 23.8 Å². The van der Waals surface area contributed by atoms with Crippen molar-refractivity contribution in [3.8, 4) is 17.2 Å². The first-order valence-electron chi connectivity index (χ1n) is 9.04. The Morgan fingerprint density at radius 3 is 2.45 bits per heavy atom. The summed E-state index contributed by atoms with van der Waals surface area (Å²) >= 11 is 6.30. The van der Waals surface area contributed by atoms with E-state index < -0.39 is 0 Å². The summed E-state index contributed by atoms with van der Waals surface area (Å²) in [6.45, 7) is 3.72. The van der Waals surface area contributed by atoms with Gasteiger partial charge in [0.25, 0.3) is 5.91 Å². The normalized spacial score (nSPS) is 10.8. The number of hydrogen-bond donors (Lipinski definition) is 1. The lowest BCUT2D eigenvalue weighted by Crippen LogP contribution is -2.24. The van der Waals surface area contributed by atoms with Crippen molar-refractivity contribution in [1.29, 1.82) is 0 Å². The highest BCUT2D eigenvalue weighted by molar-refractivity contribution is 6.32. The van der Waals surface area contributed by atoms with Crippen LogP contribution in [0.25, 0.3) is 6.08 Å². The molecule has 0 heterocycles. The van der Waals surface area contributed by atoms with E-state index in [0.717, 1.165) is 0 Å². The standard InChI is InChI=1S/C22H24ClNO5/c1-14(2)29-22-18(23)11-15(12-20(22)27-4)5-10-19(25)16-6-8-17(9-7-16)28-13-21(26)24-3/h5-12,14H,13H2,1-4H3,(H,24,26)/b10-5+. The number of methoxy groups -OCH3 is 1. The fraction of sp³-hybridized carbons (Fsp3) is 0.273. The number of ether oxygens (including phenoxy) is 3. The fourth-order valence-corrected chi connectivity index (χ4v) is 2.65. The third-order valence-corrected chi connectivity index (χ3v) is 4.10. The Labute approximate surface area is 175 Å². The molecule has 0 aromatic heterocycles. The molecule has 0 aliphatic heterocycles. The molecule has 29 heavy (non-hydrogen) atoms. The molecule has 0 atom stereocenters. The van der Waals surface area contributed by atoms with Crippen LogP contribution in [0, 0.1) is 0 Å². The smallest absolute Gasteiger partial charge is 0.257 e. The zero-order valence-corrected chi connectivity index (χ0v) is 17.6. The Morgan fingerprint density at radius 1 is 1.17 bits per heavy atom. The minimum atomic E-state index is -0.230. The molecule has 0 fully saturated rings. The van der Waals surface area contributed by atoms with E-state index in [2.05, 4.69) is 5.32 Å². The number of nitrogens with one attached hydrogen (secondary N) is 1. The minimum Gasteiger partial charge on any atom is -0.493 e. The van der Waals surface area contributed by atoms with Crippen molar-refractivity contribution in [2.45, 2.75) is 20.0 Å². The third-order valence-electron chi connectivity index (χ3n) is 3.82. The number of allylic oxidation sites excluding steroid dienone is 1. The van der Waals surface area contributed by atoms with Crippen LogP contribution in [0.5, 0.6) is 17.2 Å². The molecule has 2 aromatic rings. The van der Waals surface area contributed by atoms with Gasteiger partial charge in [0.05, 0.1) is 18.2 Å². The summed E-state index contributed by atoms with van der Waals surface area (Å²) < 4.78 is 16.4. The van der Waals surface area contributed by atoms with Gasteiger partial charge in [0.1, 0.15) is 5.75 Å². The number of hydrogen-bond acceptors (Lipinski definition) is 5. The maximum absolute atomic E-state index is 12.4. The van der Waals surface area contributed by atoms with Gasteiger partial charge in [-0.05, 0) is 61.9 Å². The predicted molar refractivity (Wildman–Crippen MR) is 113 cm³/mol. The topological polar surface area (TPSA) is 73.9 Å². The van der Waals surface area contributed by atoms with Crippen LogP contribution in [-0.2, 0) is 4.79 Å². The lowest BCUT2D eigenvalue weighted by molar-refractivity contribution is -0.122. The molecule has 0 spiro atoms. The summed E-state index contributed by atoms with van der Waals surface area (Å²) in [5.41, 5.74) is 1.20. The van der Waals surface area contributed by atoms with E-state index in [4.69, 9.17) is 25.8 Å². The molecule has 6 nitrogen and oxygen atoms in total. The van der Waals surface area contributed by atoms with Gasteiger partial charge in [-0.3, -0.25) is 9.59 Å². The Bertz CT molecular complexity index is 891. The number of carbonyl (C=O) groups is 2. The second-order valence-corrected chi connectivity index (χ2v) is 6.79. The van der Waals surface area contributed by atoms with Crippen LogP contribution in [0.2, 0.25) is 5.02 Å². The van der Waals surface area contributed by atoms with Crippen LogP contribution in [0.3, 0.4) is 0 Å². The van der Waals surface area contributed by atoms with Crippen LogP contribution in [0.1, 0.15) is 29.8 Å². The average Bonchev–Trinajstić information content (AvgIpc) is 2.71. The molecule has 0 saturated carbocycles. The minimum absolute atomic E-state index is 0.0484. The monoisotopic (exact) mass is 417 g/mol. The van der Waals surface area contributed by atoms with Gasteiger partial charge >= 0.3 is 0 Å². The average molecular weight is 418 g/mol. The van der Waals surface area contributed by atoms with Crippen LogP contribution in [0.15, 0.2) is 42.5 Å². The molecule has 1 N–H and O–H groups in total. The fourth-order valence-electron chi connectivity index (χ4n) is 2.39. The van der Waals surface area contributed by atoms with E-state index in [1.54, 1.807) is 42.5 Å². The van der Waals surface area contributed by atoms with Crippen molar-refractivity contribution in [3.05, 3.63) is 58.6 Å². The van der Waals surface area contributed by atoms with Crippen molar-refractivity contribution in [2.24, 2.45) is 0 Å². The van der Waals surface area contributed by atoms with E-state index in [-0.39, 0.29) is 24.4 Å². The van der Waals surface area contributed by atoms with Gasteiger partial charge in [0.2, 0.25) is 0 Å². The molecule has 7 heteroatoms. The van der Waals surface area contributed by atoms with Crippen molar-refractivity contribution in [3.63, 3.8) is 0 Å². The van der Waals surface area contributed by atoms with Crippen molar-refractivity contribution in [2.75, 3.05) is 20.8 Å². The van der Waals surface area contributed by atoms with E-state index in [1.165, 1.54) is 20.2 Å². The van der Waals surface area contributed by atoms with E-state index in [9.17, 15) is 9.59 Å². The molecular weight excluding hydrogens is 394 g/mol. The van der Waals surface area contributed by atoms with E-state index >= 15 is 0 Å². The zero-order valence-electron chi connectivity index (χ0n) is 16.8. The molecule has 0 radical (unpaired) electrons. The number of rotatable bonds is 9. The maximum atomic E-state index is 12.4. The van der Waals surface area contributed by atoms with Gasteiger partial charge in [0.15, 0.2) is 23.9 Å². The highest BCUT2D eigenvalue weighted by Gasteiger charge is 2.13. The Hall–Kier alpha value is -2.99. The number of carbonyl (C=O) groups excluding carboxylic acids is 2. The predicted octanol–water partition coefficient (Wildman–Crippen LogP) is 4.16. The Balaban J connectivity index is 2.10.